The third-order valence-corrected chi connectivity index (χ3v) is 12.0. The minimum absolute atomic E-state index is 0.336. The monoisotopic (exact) mass is 711 g/mol. The summed E-state index contributed by atoms with van der Waals surface area (Å²) in [4.78, 5) is 0. The predicted molar refractivity (Wildman–Crippen MR) is 216 cm³/mol. The van der Waals surface area contributed by atoms with Gasteiger partial charge in [0.05, 0.1) is 16.4 Å². The Balaban J connectivity index is 1.11. The topological polar surface area (TPSA) is 4.93 Å². The van der Waals surface area contributed by atoms with Crippen LogP contribution in [0.5, 0.6) is 0 Å². The van der Waals surface area contributed by atoms with Crippen molar-refractivity contribution in [2.75, 3.05) is 0 Å². The number of benzene rings is 8. The number of rotatable bonds is 3. The van der Waals surface area contributed by atoms with Crippen molar-refractivity contribution in [3.63, 3.8) is 0 Å². The smallest absolute Gasteiger partial charge is 0.0725 e. The number of nitrogens with zero attached hydrogens (tertiary/aromatic N) is 1. The van der Waals surface area contributed by atoms with E-state index < -0.39 is 0 Å². The molecular formula is C49H30BrN. The average Bonchev–Trinajstić information content (AvgIpc) is 3.79. The van der Waals surface area contributed by atoms with E-state index in [0.29, 0.717) is 0 Å². The number of para-hydroxylation sites is 1. The summed E-state index contributed by atoms with van der Waals surface area (Å²) in [5, 5.41) is 2.51. The fourth-order valence-electron chi connectivity index (χ4n) is 9.22. The Morgan fingerprint density at radius 1 is 0.353 bits per heavy atom. The second-order valence-electron chi connectivity index (χ2n) is 13.8. The van der Waals surface area contributed by atoms with Crippen molar-refractivity contribution in [3.05, 3.63) is 209 Å². The van der Waals surface area contributed by atoms with Gasteiger partial charge >= 0.3 is 0 Å². The Bertz CT molecular complexity index is 2850. The molecule has 0 saturated heterocycles. The first kappa shape index (κ1) is 28.8. The molecule has 0 radical (unpaired) electrons. The Morgan fingerprint density at radius 3 is 1.63 bits per heavy atom. The van der Waals surface area contributed by atoms with Gasteiger partial charge in [-0.25, -0.2) is 0 Å². The summed E-state index contributed by atoms with van der Waals surface area (Å²) >= 11 is 3.76. The fourth-order valence-corrected chi connectivity index (χ4v) is 9.73. The Morgan fingerprint density at radius 2 is 0.902 bits per heavy atom. The molecule has 0 fully saturated rings. The van der Waals surface area contributed by atoms with Crippen molar-refractivity contribution >= 4 is 37.7 Å². The minimum Gasteiger partial charge on any atom is -0.309 e. The third kappa shape index (κ3) is 3.91. The van der Waals surface area contributed by atoms with Gasteiger partial charge in [-0.1, -0.05) is 155 Å². The number of hydrogen-bond acceptors (Lipinski definition) is 0. The van der Waals surface area contributed by atoms with Crippen LogP contribution in [0.1, 0.15) is 22.3 Å². The van der Waals surface area contributed by atoms with Gasteiger partial charge in [0.1, 0.15) is 0 Å². The van der Waals surface area contributed by atoms with Crippen LogP contribution in [0, 0.1) is 0 Å². The van der Waals surface area contributed by atoms with E-state index in [4.69, 9.17) is 0 Å². The van der Waals surface area contributed by atoms with Gasteiger partial charge in [-0.2, -0.15) is 0 Å². The van der Waals surface area contributed by atoms with Gasteiger partial charge in [0.25, 0.3) is 0 Å². The molecule has 0 saturated carbocycles. The molecule has 51 heavy (non-hydrogen) atoms. The van der Waals surface area contributed by atoms with Crippen LogP contribution in [0.15, 0.2) is 186 Å². The standard InChI is InChI=1S/C49H30BrN/c50-46-22-9-4-14-35(46)33-13-11-12-31(28-33)32-24-27-48-41(29-32)39-18-5-10-23-47(39)51(48)34-25-26-45-40(30-34)38-17-3-8-21-44(38)49(45)42-19-6-1-15-36(42)37-16-2-7-20-43(37)49/h1-30H. The number of aromatic nitrogens is 1. The molecule has 0 atom stereocenters. The predicted octanol–water partition coefficient (Wildman–Crippen LogP) is 13.2. The van der Waals surface area contributed by atoms with E-state index >= 15 is 0 Å². The van der Waals surface area contributed by atoms with E-state index in [1.807, 2.05) is 0 Å². The first-order valence-electron chi connectivity index (χ1n) is 17.5. The molecule has 0 N–H and O–H groups in total. The lowest BCUT2D eigenvalue weighted by Crippen LogP contribution is -2.25. The van der Waals surface area contributed by atoms with Crippen LogP contribution in [-0.4, -0.2) is 4.57 Å². The first-order chi connectivity index (χ1) is 25.2. The summed E-state index contributed by atoms with van der Waals surface area (Å²) in [5.74, 6) is 0. The average molecular weight is 713 g/mol. The van der Waals surface area contributed by atoms with Gasteiger partial charge in [0, 0.05) is 20.9 Å². The molecule has 0 amide bonds. The molecule has 1 heterocycles. The summed E-state index contributed by atoms with van der Waals surface area (Å²) in [6.07, 6.45) is 0. The van der Waals surface area contributed by atoms with Crippen molar-refractivity contribution in [1.82, 2.24) is 4.57 Å². The lowest BCUT2D eigenvalue weighted by Gasteiger charge is -2.30. The van der Waals surface area contributed by atoms with Crippen LogP contribution >= 0.6 is 15.9 Å². The van der Waals surface area contributed by atoms with Gasteiger partial charge in [-0.05, 0) is 109 Å². The molecule has 1 spiro atoms. The molecule has 2 aliphatic rings. The molecule has 0 bridgehead atoms. The zero-order valence-corrected chi connectivity index (χ0v) is 29.2. The Labute approximate surface area is 305 Å². The summed E-state index contributed by atoms with van der Waals surface area (Å²) in [6, 6.07) is 67.3. The van der Waals surface area contributed by atoms with Crippen LogP contribution in [0.25, 0.3) is 72.0 Å². The van der Waals surface area contributed by atoms with Gasteiger partial charge in [-0.3, -0.25) is 0 Å². The van der Waals surface area contributed by atoms with E-state index in [2.05, 4.69) is 202 Å². The largest absolute Gasteiger partial charge is 0.309 e. The molecule has 0 aliphatic heterocycles. The molecule has 8 aromatic carbocycles. The summed E-state index contributed by atoms with van der Waals surface area (Å²) in [6.45, 7) is 0. The van der Waals surface area contributed by atoms with Crippen molar-refractivity contribution in [2.45, 2.75) is 5.41 Å². The highest BCUT2D eigenvalue weighted by Crippen LogP contribution is 2.62. The van der Waals surface area contributed by atoms with Crippen molar-refractivity contribution in [1.29, 1.82) is 0 Å². The Kier molecular flexibility index (Phi) is 6.09. The van der Waals surface area contributed by atoms with Crippen molar-refractivity contribution in [3.8, 4) is 50.2 Å². The van der Waals surface area contributed by atoms with Crippen LogP contribution in [0.2, 0.25) is 0 Å². The number of hydrogen-bond donors (Lipinski definition) is 0. The summed E-state index contributed by atoms with van der Waals surface area (Å²) < 4.78 is 3.56. The number of fused-ring (bicyclic) bond motifs is 13. The highest BCUT2D eigenvalue weighted by molar-refractivity contribution is 9.10. The SMILES string of the molecule is Brc1ccccc1-c1cccc(-c2ccc3c(c2)c2ccccc2n3-c2ccc3c(c2)-c2ccccc2C32c3ccccc3-c3ccccc32)c1. The fraction of sp³-hybridized carbons (Fsp3) is 0.0204. The quantitative estimate of drug-likeness (QED) is 0.172. The molecule has 2 heteroatoms. The van der Waals surface area contributed by atoms with Crippen LogP contribution in [-0.2, 0) is 5.41 Å². The van der Waals surface area contributed by atoms with E-state index in [1.54, 1.807) is 0 Å². The second kappa shape index (κ2) is 10.8. The maximum atomic E-state index is 3.76. The molecule has 1 nitrogen and oxygen atoms in total. The van der Waals surface area contributed by atoms with Crippen LogP contribution in [0.4, 0.5) is 0 Å². The van der Waals surface area contributed by atoms with E-state index in [0.717, 1.165) is 4.47 Å². The maximum Gasteiger partial charge on any atom is 0.0725 e. The minimum atomic E-state index is -0.336. The number of halogens is 1. The molecule has 238 valence electrons. The zero-order chi connectivity index (χ0) is 33.7. The molecule has 1 aromatic heterocycles. The van der Waals surface area contributed by atoms with Crippen LogP contribution in [0.3, 0.4) is 0 Å². The maximum absolute atomic E-state index is 3.76. The molecule has 9 aromatic rings. The zero-order valence-electron chi connectivity index (χ0n) is 27.6. The summed E-state index contributed by atoms with van der Waals surface area (Å²) in [7, 11) is 0. The van der Waals surface area contributed by atoms with Gasteiger partial charge in [-0.15, -0.1) is 0 Å². The third-order valence-electron chi connectivity index (χ3n) is 11.3. The molecule has 11 rings (SSSR count). The first-order valence-corrected chi connectivity index (χ1v) is 18.3. The van der Waals surface area contributed by atoms with E-state index in [-0.39, 0.29) is 5.41 Å². The highest BCUT2D eigenvalue weighted by Gasteiger charge is 2.51. The summed E-state index contributed by atoms with van der Waals surface area (Å²) in [5.41, 5.74) is 18.8. The second-order valence-corrected chi connectivity index (χ2v) is 14.6. The highest BCUT2D eigenvalue weighted by atomic mass is 79.9. The lowest BCUT2D eigenvalue weighted by molar-refractivity contribution is 0.793. The lowest BCUT2D eigenvalue weighted by atomic mass is 9.70. The molecular weight excluding hydrogens is 682 g/mol. The van der Waals surface area contributed by atoms with Crippen molar-refractivity contribution < 1.29 is 0 Å². The van der Waals surface area contributed by atoms with Crippen LogP contribution < -0.4 is 0 Å². The van der Waals surface area contributed by atoms with E-state index in [1.165, 1.54) is 94.3 Å². The molecule has 2 aliphatic carbocycles. The molecule has 0 unspecified atom stereocenters. The van der Waals surface area contributed by atoms with Gasteiger partial charge in [0.15, 0.2) is 0 Å². The Hall–Kier alpha value is -5.96. The van der Waals surface area contributed by atoms with E-state index in [9.17, 15) is 0 Å². The normalized spacial score (nSPS) is 13.4. The van der Waals surface area contributed by atoms with Gasteiger partial charge in [0.2, 0.25) is 0 Å². The van der Waals surface area contributed by atoms with Gasteiger partial charge < -0.3 is 4.57 Å². The van der Waals surface area contributed by atoms with Crippen molar-refractivity contribution in [2.24, 2.45) is 0 Å².